The van der Waals surface area contributed by atoms with Gasteiger partial charge in [-0.15, -0.1) is 0 Å². The van der Waals surface area contributed by atoms with Gasteiger partial charge in [0.05, 0.1) is 11.6 Å². The third kappa shape index (κ3) is 3.51. The number of nitrogens with zero attached hydrogens (tertiary/aromatic N) is 1. The average Bonchev–Trinajstić information content (AvgIpc) is 2.93. The highest BCUT2D eigenvalue weighted by molar-refractivity contribution is 5.91. The zero-order chi connectivity index (χ0) is 15.4. The molecule has 1 saturated carbocycles. The first-order chi connectivity index (χ1) is 10.0. The fourth-order valence-electron chi connectivity index (χ4n) is 2.78. The van der Waals surface area contributed by atoms with Crippen molar-refractivity contribution in [2.24, 2.45) is 11.8 Å². The van der Waals surface area contributed by atoms with Gasteiger partial charge in [-0.2, -0.15) is 0 Å². The second-order valence-electron chi connectivity index (χ2n) is 5.33. The Kier molecular flexibility index (Phi) is 4.77. The van der Waals surface area contributed by atoms with Crippen LogP contribution in [0.2, 0.25) is 0 Å². The summed E-state index contributed by atoms with van der Waals surface area (Å²) in [6, 6.07) is 5.58. The topological polar surface area (TPSA) is 69.6 Å². The van der Waals surface area contributed by atoms with Crippen molar-refractivity contribution in [1.82, 2.24) is 5.32 Å². The number of hydrogen-bond acceptors (Lipinski definition) is 2. The number of benzene rings is 1. The predicted molar refractivity (Wildman–Crippen MR) is 76.7 cm³/mol. The molecule has 0 bridgehead atoms. The first-order valence-corrected chi connectivity index (χ1v) is 6.99. The Bertz CT molecular complexity index is 535. The number of aliphatic carboxylic acids is 1. The maximum atomic E-state index is 13.6. The van der Waals surface area contributed by atoms with Crippen molar-refractivity contribution < 1.29 is 19.1 Å². The summed E-state index contributed by atoms with van der Waals surface area (Å²) in [5.74, 6) is -1.74. The van der Waals surface area contributed by atoms with Crippen molar-refractivity contribution in [2.45, 2.75) is 19.3 Å². The Morgan fingerprint density at radius 2 is 2.10 bits per heavy atom. The quantitative estimate of drug-likeness (QED) is 0.896. The normalized spacial score (nSPS) is 21.0. The van der Waals surface area contributed by atoms with Crippen molar-refractivity contribution in [2.75, 3.05) is 18.5 Å². The van der Waals surface area contributed by atoms with Crippen molar-refractivity contribution in [1.29, 1.82) is 0 Å². The van der Waals surface area contributed by atoms with Crippen LogP contribution in [0.25, 0.3) is 0 Å². The number of nitrogens with one attached hydrogen (secondary N) is 1. The van der Waals surface area contributed by atoms with Gasteiger partial charge in [0.2, 0.25) is 0 Å². The molecule has 0 radical (unpaired) electrons. The largest absolute Gasteiger partial charge is 0.481 e. The molecule has 0 heterocycles. The zero-order valence-electron chi connectivity index (χ0n) is 11.9. The highest BCUT2D eigenvalue weighted by Crippen LogP contribution is 2.31. The molecule has 114 valence electrons. The number of carbonyl (C=O) groups is 2. The van der Waals surface area contributed by atoms with Crippen LogP contribution in [-0.2, 0) is 4.79 Å². The van der Waals surface area contributed by atoms with Crippen LogP contribution in [0.4, 0.5) is 14.9 Å². The molecule has 2 amide bonds. The minimum atomic E-state index is -0.811. The zero-order valence-corrected chi connectivity index (χ0v) is 11.9. The molecule has 0 aliphatic heterocycles. The Balaban J connectivity index is 1.93. The monoisotopic (exact) mass is 294 g/mol. The number of carbonyl (C=O) groups excluding carboxylic acids is 1. The molecule has 1 aliphatic rings. The van der Waals surface area contributed by atoms with Gasteiger partial charge in [0.15, 0.2) is 0 Å². The lowest BCUT2D eigenvalue weighted by molar-refractivity contribution is -0.142. The fraction of sp³-hybridized carbons (Fsp3) is 0.467. The maximum absolute atomic E-state index is 13.6. The van der Waals surface area contributed by atoms with Gasteiger partial charge in [-0.3, -0.25) is 9.69 Å². The van der Waals surface area contributed by atoms with Crippen LogP contribution in [0.1, 0.15) is 19.3 Å². The molecular weight excluding hydrogens is 275 g/mol. The highest BCUT2D eigenvalue weighted by atomic mass is 19.1. The smallest absolute Gasteiger partial charge is 0.321 e. The Morgan fingerprint density at radius 1 is 1.38 bits per heavy atom. The molecule has 0 aromatic heterocycles. The van der Waals surface area contributed by atoms with Crippen LogP contribution >= 0.6 is 0 Å². The molecule has 2 N–H and O–H groups in total. The van der Waals surface area contributed by atoms with E-state index >= 15 is 0 Å². The number of para-hydroxylation sites is 1. The van der Waals surface area contributed by atoms with Gasteiger partial charge in [0, 0.05) is 13.6 Å². The molecule has 1 aliphatic carbocycles. The Labute approximate surface area is 122 Å². The predicted octanol–water partition coefficient (Wildman–Crippen LogP) is 2.47. The van der Waals surface area contributed by atoms with Crippen LogP contribution in [0, 0.1) is 17.7 Å². The second kappa shape index (κ2) is 6.56. The average molecular weight is 294 g/mol. The van der Waals surface area contributed by atoms with E-state index in [-0.39, 0.29) is 11.6 Å². The third-order valence-corrected chi connectivity index (χ3v) is 4.01. The third-order valence-electron chi connectivity index (χ3n) is 4.01. The number of anilines is 1. The van der Waals surface area contributed by atoms with Crippen LogP contribution in [0.5, 0.6) is 0 Å². The van der Waals surface area contributed by atoms with E-state index in [0.717, 1.165) is 12.8 Å². The van der Waals surface area contributed by atoms with E-state index in [9.17, 15) is 14.0 Å². The van der Waals surface area contributed by atoms with E-state index < -0.39 is 23.7 Å². The number of hydrogen-bond donors (Lipinski definition) is 2. The van der Waals surface area contributed by atoms with Crippen molar-refractivity contribution in [3.8, 4) is 0 Å². The number of carboxylic acids is 1. The van der Waals surface area contributed by atoms with Crippen LogP contribution in [-0.4, -0.2) is 30.7 Å². The molecule has 1 aromatic rings. The number of carboxylic acid groups (broad SMARTS) is 1. The summed E-state index contributed by atoms with van der Waals surface area (Å²) in [4.78, 5) is 24.3. The van der Waals surface area contributed by atoms with Crippen molar-refractivity contribution in [3.05, 3.63) is 30.1 Å². The summed E-state index contributed by atoms with van der Waals surface area (Å²) in [5, 5.41) is 11.8. The lowest BCUT2D eigenvalue weighted by Crippen LogP contribution is -2.41. The molecule has 6 heteroatoms. The van der Waals surface area contributed by atoms with Crippen molar-refractivity contribution >= 4 is 17.7 Å². The van der Waals surface area contributed by atoms with E-state index in [0.29, 0.717) is 13.0 Å². The number of amides is 2. The number of urea groups is 1. The molecule has 5 nitrogen and oxygen atoms in total. The fourth-order valence-corrected chi connectivity index (χ4v) is 2.78. The molecule has 2 unspecified atom stereocenters. The molecule has 0 saturated heterocycles. The summed E-state index contributed by atoms with van der Waals surface area (Å²) in [6.07, 6.45) is 2.31. The first-order valence-electron chi connectivity index (χ1n) is 6.99. The Hall–Kier alpha value is -2.11. The van der Waals surface area contributed by atoms with Gasteiger partial charge < -0.3 is 10.4 Å². The van der Waals surface area contributed by atoms with E-state index in [1.54, 1.807) is 12.1 Å². The van der Waals surface area contributed by atoms with Gasteiger partial charge in [-0.05, 0) is 30.9 Å². The van der Waals surface area contributed by atoms with E-state index in [2.05, 4.69) is 5.32 Å². The Morgan fingerprint density at radius 3 is 2.76 bits per heavy atom. The molecule has 0 spiro atoms. The standard InChI is InChI=1S/C15H19FN2O3/c1-18(13-8-3-2-7-12(13)16)15(21)17-9-10-5-4-6-11(10)14(19)20/h2-3,7-8,10-11H,4-6,9H2,1H3,(H,17,21)(H,19,20). The van der Waals surface area contributed by atoms with Gasteiger partial charge in [-0.1, -0.05) is 18.6 Å². The summed E-state index contributed by atoms with van der Waals surface area (Å²) in [6.45, 7) is 0.300. The van der Waals surface area contributed by atoms with Crippen LogP contribution in [0.15, 0.2) is 24.3 Å². The molecular formula is C15H19FN2O3. The number of halogens is 1. The summed E-state index contributed by atoms with van der Waals surface area (Å²) >= 11 is 0. The lowest BCUT2D eigenvalue weighted by Gasteiger charge is -2.21. The lowest BCUT2D eigenvalue weighted by atomic mass is 9.96. The molecule has 21 heavy (non-hydrogen) atoms. The van der Waals surface area contributed by atoms with Crippen LogP contribution < -0.4 is 10.2 Å². The van der Waals surface area contributed by atoms with Gasteiger partial charge in [-0.25, -0.2) is 9.18 Å². The van der Waals surface area contributed by atoms with E-state index in [1.165, 1.54) is 24.1 Å². The number of rotatable bonds is 4. The van der Waals surface area contributed by atoms with Crippen LogP contribution in [0.3, 0.4) is 0 Å². The van der Waals surface area contributed by atoms with Gasteiger partial charge in [0.1, 0.15) is 5.82 Å². The maximum Gasteiger partial charge on any atom is 0.321 e. The first kappa shape index (κ1) is 15.3. The summed E-state index contributed by atoms with van der Waals surface area (Å²) < 4.78 is 13.6. The molecule has 1 aromatic carbocycles. The minimum Gasteiger partial charge on any atom is -0.481 e. The summed E-state index contributed by atoms with van der Waals surface area (Å²) in [7, 11) is 1.48. The van der Waals surface area contributed by atoms with E-state index in [4.69, 9.17) is 5.11 Å². The molecule has 1 fully saturated rings. The molecule has 2 atom stereocenters. The van der Waals surface area contributed by atoms with Gasteiger partial charge in [0.25, 0.3) is 0 Å². The second-order valence-corrected chi connectivity index (χ2v) is 5.33. The SMILES string of the molecule is CN(C(=O)NCC1CCCC1C(=O)O)c1ccccc1F. The van der Waals surface area contributed by atoms with Gasteiger partial charge >= 0.3 is 12.0 Å². The highest BCUT2D eigenvalue weighted by Gasteiger charge is 2.33. The molecule has 2 rings (SSSR count). The van der Waals surface area contributed by atoms with E-state index in [1.807, 2.05) is 0 Å². The van der Waals surface area contributed by atoms with Crippen molar-refractivity contribution in [3.63, 3.8) is 0 Å². The minimum absolute atomic E-state index is 0.0551. The summed E-state index contributed by atoms with van der Waals surface area (Å²) in [5.41, 5.74) is 0.191.